The molecule has 8 nitrogen and oxygen atoms in total. The van der Waals surface area contributed by atoms with Gasteiger partial charge in [-0.1, -0.05) is 54.9 Å². The van der Waals surface area contributed by atoms with E-state index in [1.165, 1.54) is 6.07 Å². The van der Waals surface area contributed by atoms with Crippen LogP contribution in [-0.2, 0) is 26.2 Å². The van der Waals surface area contributed by atoms with Gasteiger partial charge in [-0.15, -0.1) is 0 Å². The molecule has 1 aliphatic carbocycles. The highest BCUT2D eigenvalue weighted by Gasteiger charge is 2.49. The summed E-state index contributed by atoms with van der Waals surface area (Å²) in [6, 6.07) is 14.6. The first kappa shape index (κ1) is 30.4. The van der Waals surface area contributed by atoms with E-state index in [0.29, 0.717) is 21.8 Å². The molecule has 3 atom stereocenters. The van der Waals surface area contributed by atoms with E-state index < -0.39 is 39.8 Å². The zero-order chi connectivity index (χ0) is 30.3. The molecule has 1 saturated carbocycles. The summed E-state index contributed by atoms with van der Waals surface area (Å²) in [5.74, 6) is 3.53. The third kappa shape index (κ3) is 5.66. The predicted octanol–water partition coefficient (Wildman–Crippen LogP) is 5.47. The van der Waals surface area contributed by atoms with Crippen LogP contribution in [0.15, 0.2) is 59.5 Å². The van der Waals surface area contributed by atoms with Gasteiger partial charge in [0, 0.05) is 22.5 Å². The molecule has 2 aliphatic rings. The molecule has 0 saturated heterocycles. The van der Waals surface area contributed by atoms with E-state index in [1.807, 2.05) is 42.2 Å². The Morgan fingerprint density at radius 1 is 1.14 bits per heavy atom. The first-order chi connectivity index (χ1) is 19.9. The second-order valence-electron chi connectivity index (χ2n) is 11.2. The summed E-state index contributed by atoms with van der Waals surface area (Å²) in [6.45, 7) is 7.21. The zero-order valence-electron chi connectivity index (χ0n) is 24.1. The van der Waals surface area contributed by atoms with Crippen molar-refractivity contribution in [3.05, 3.63) is 93.3 Å². The molecular formula is C31H36ClFN4O4S. The molecule has 0 aromatic heterocycles. The van der Waals surface area contributed by atoms with Crippen molar-refractivity contribution in [3.63, 3.8) is 0 Å². The molecule has 224 valence electrons. The van der Waals surface area contributed by atoms with E-state index in [1.54, 1.807) is 39.0 Å². The number of hydrazine groups is 1. The Balaban J connectivity index is 1.63. The van der Waals surface area contributed by atoms with Crippen LogP contribution in [0.2, 0.25) is 5.02 Å². The average Bonchev–Trinajstić information content (AvgIpc) is 3.80. The lowest BCUT2D eigenvalue weighted by molar-refractivity contribution is -0.125. The number of rotatable bonds is 9. The second-order valence-corrected chi connectivity index (χ2v) is 13.4. The standard InChI is InChI=1S/C31H36ClFN4O4S/c1-18-10-13-26(33)28(19(18)2)20(3)29(31(38)35-34)37-17-36(24-11-12-24)27-15-23(32)14-25(30(27)42(37,39)40)21(4)41-16-22-8-6-5-7-9-22/h5-10,13-15,20-21,24,29H,11-12,16-17,34H2,1-4H3,(H,35,38)/t20?,21?,29-/m0/s1. The molecule has 1 aliphatic heterocycles. The van der Waals surface area contributed by atoms with E-state index in [4.69, 9.17) is 22.2 Å². The number of halogens is 2. The summed E-state index contributed by atoms with van der Waals surface area (Å²) in [7, 11) is -4.33. The fourth-order valence-corrected chi connectivity index (χ4v) is 8.12. The largest absolute Gasteiger partial charge is 0.369 e. The number of carbonyl (C=O) groups is 1. The molecule has 0 bridgehead atoms. The van der Waals surface area contributed by atoms with Crippen molar-refractivity contribution in [1.29, 1.82) is 0 Å². The molecule has 5 rings (SSSR count). The van der Waals surface area contributed by atoms with Crippen LogP contribution in [0.25, 0.3) is 0 Å². The Bertz CT molecular complexity index is 1600. The summed E-state index contributed by atoms with van der Waals surface area (Å²) in [5.41, 5.74) is 5.71. The minimum atomic E-state index is -4.33. The zero-order valence-corrected chi connectivity index (χ0v) is 25.7. The van der Waals surface area contributed by atoms with Crippen LogP contribution in [0.5, 0.6) is 0 Å². The van der Waals surface area contributed by atoms with Gasteiger partial charge in [0.05, 0.1) is 25.1 Å². The normalized spacial score (nSPS) is 18.7. The molecule has 1 fully saturated rings. The molecule has 1 heterocycles. The van der Waals surface area contributed by atoms with Crippen LogP contribution in [0.4, 0.5) is 10.1 Å². The van der Waals surface area contributed by atoms with Gasteiger partial charge in [0.15, 0.2) is 0 Å². The number of anilines is 1. The minimum Gasteiger partial charge on any atom is -0.369 e. The van der Waals surface area contributed by atoms with Gasteiger partial charge in [-0.2, -0.15) is 4.31 Å². The number of fused-ring (bicyclic) bond motifs is 1. The highest BCUT2D eigenvalue weighted by Crippen LogP contribution is 2.47. The van der Waals surface area contributed by atoms with Crippen LogP contribution in [0.3, 0.4) is 0 Å². The Kier molecular flexibility index (Phi) is 8.65. The van der Waals surface area contributed by atoms with Crippen molar-refractivity contribution >= 4 is 33.2 Å². The first-order valence-corrected chi connectivity index (χ1v) is 15.8. The monoisotopic (exact) mass is 614 g/mol. The maximum Gasteiger partial charge on any atom is 0.253 e. The lowest BCUT2D eigenvalue weighted by atomic mass is 9.87. The molecule has 0 spiro atoms. The van der Waals surface area contributed by atoms with E-state index in [0.717, 1.165) is 28.3 Å². The number of aryl methyl sites for hydroxylation is 1. The third-order valence-electron chi connectivity index (χ3n) is 8.38. The molecule has 42 heavy (non-hydrogen) atoms. The maximum atomic E-state index is 15.3. The highest BCUT2D eigenvalue weighted by molar-refractivity contribution is 7.89. The number of amides is 1. The minimum absolute atomic E-state index is 0.0362. The van der Waals surface area contributed by atoms with Crippen LogP contribution in [0.1, 0.15) is 66.5 Å². The van der Waals surface area contributed by atoms with Crippen molar-refractivity contribution in [3.8, 4) is 0 Å². The molecular weight excluding hydrogens is 579 g/mol. The van der Waals surface area contributed by atoms with Gasteiger partial charge in [-0.25, -0.2) is 18.7 Å². The topological polar surface area (TPSA) is 105 Å². The highest BCUT2D eigenvalue weighted by atomic mass is 35.5. The number of nitrogens with two attached hydrogens (primary N) is 1. The van der Waals surface area contributed by atoms with Crippen LogP contribution in [0, 0.1) is 19.7 Å². The maximum absolute atomic E-state index is 15.3. The molecule has 2 unspecified atom stereocenters. The van der Waals surface area contributed by atoms with Gasteiger partial charge in [0.25, 0.3) is 5.91 Å². The molecule has 1 amide bonds. The van der Waals surface area contributed by atoms with Gasteiger partial charge in [0.2, 0.25) is 10.0 Å². The Hall–Kier alpha value is -3.02. The Morgan fingerprint density at radius 2 is 1.83 bits per heavy atom. The average molecular weight is 615 g/mol. The predicted molar refractivity (Wildman–Crippen MR) is 161 cm³/mol. The lowest BCUT2D eigenvalue weighted by Crippen LogP contribution is -2.59. The number of hydrogen-bond donors (Lipinski definition) is 2. The fourth-order valence-electron chi connectivity index (χ4n) is 5.85. The number of benzene rings is 3. The number of nitrogens with one attached hydrogen (secondary N) is 1. The third-order valence-corrected chi connectivity index (χ3v) is 10.5. The lowest BCUT2D eigenvalue weighted by Gasteiger charge is -2.43. The van der Waals surface area contributed by atoms with E-state index in [2.05, 4.69) is 5.43 Å². The van der Waals surface area contributed by atoms with Gasteiger partial charge in [-0.05, 0) is 74.1 Å². The van der Waals surface area contributed by atoms with E-state index in [-0.39, 0.29) is 29.8 Å². The second kappa shape index (κ2) is 11.9. The molecule has 3 aromatic rings. The first-order valence-electron chi connectivity index (χ1n) is 14.0. The van der Waals surface area contributed by atoms with Crippen LogP contribution >= 0.6 is 11.6 Å². The van der Waals surface area contributed by atoms with Crippen molar-refractivity contribution in [1.82, 2.24) is 9.73 Å². The van der Waals surface area contributed by atoms with E-state index >= 15 is 4.39 Å². The summed E-state index contributed by atoms with van der Waals surface area (Å²) >= 11 is 6.57. The van der Waals surface area contributed by atoms with Gasteiger partial charge in [-0.3, -0.25) is 10.2 Å². The molecule has 3 N–H and O–H groups in total. The van der Waals surface area contributed by atoms with Gasteiger partial charge in [0.1, 0.15) is 16.8 Å². The van der Waals surface area contributed by atoms with Crippen molar-refractivity contribution in [2.24, 2.45) is 5.84 Å². The van der Waals surface area contributed by atoms with Crippen molar-refractivity contribution in [2.75, 3.05) is 11.6 Å². The Labute approximate surface area is 251 Å². The summed E-state index contributed by atoms with van der Waals surface area (Å²) in [5, 5.41) is 0.385. The van der Waals surface area contributed by atoms with Gasteiger partial charge >= 0.3 is 0 Å². The van der Waals surface area contributed by atoms with Crippen LogP contribution < -0.4 is 16.2 Å². The number of sulfonamides is 1. The van der Waals surface area contributed by atoms with Crippen molar-refractivity contribution in [2.45, 2.75) is 76.1 Å². The number of carbonyl (C=O) groups excluding carboxylic acids is 1. The van der Waals surface area contributed by atoms with Crippen molar-refractivity contribution < 1.29 is 22.3 Å². The SMILES string of the molecule is Cc1ccc(F)c(C(C)[C@@H](C(=O)NN)N2CN(C3CC3)c3cc(Cl)cc(C(C)OCc4ccccc4)c3S2(=O)=O)c1C. The smallest absolute Gasteiger partial charge is 0.253 e. The Morgan fingerprint density at radius 3 is 2.48 bits per heavy atom. The van der Waals surface area contributed by atoms with Gasteiger partial charge < -0.3 is 9.64 Å². The molecule has 3 aromatic carbocycles. The summed E-state index contributed by atoms with van der Waals surface area (Å²) in [4.78, 5) is 15.4. The summed E-state index contributed by atoms with van der Waals surface area (Å²) in [6.07, 6.45) is 1.08. The molecule has 0 radical (unpaired) electrons. The molecule has 11 heteroatoms. The number of nitrogens with zero attached hydrogens (tertiary/aromatic N) is 2. The fraction of sp³-hybridized carbons (Fsp3) is 0.387. The van der Waals surface area contributed by atoms with E-state index in [9.17, 15) is 13.2 Å². The quantitative estimate of drug-likeness (QED) is 0.188. The number of ether oxygens (including phenoxy) is 1. The summed E-state index contributed by atoms with van der Waals surface area (Å²) < 4.78 is 51.8. The number of hydrogen-bond acceptors (Lipinski definition) is 6. The van der Waals surface area contributed by atoms with Crippen LogP contribution in [-0.4, -0.2) is 37.4 Å².